The number of nitrogens with zero attached hydrogens (tertiary/aromatic N) is 3. The summed E-state index contributed by atoms with van der Waals surface area (Å²) < 4.78 is 5.37. The maximum atomic E-state index is 12.5. The summed E-state index contributed by atoms with van der Waals surface area (Å²) in [5.41, 5.74) is 1.60. The topological polar surface area (TPSA) is 89.4 Å². The normalized spacial score (nSPS) is 19.1. The van der Waals surface area contributed by atoms with Gasteiger partial charge in [-0.3, -0.25) is 14.7 Å². The summed E-state index contributed by atoms with van der Waals surface area (Å²) >= 11 is 0. The number of carbonyl (C=O) groups is 1. The van der Waals surface area contributed by atoms with Crippen molar-refractivity contribution in [3.05, 3.63) is 35.4 Å². The van der Waals surface area contributed by atoms with E-state index in [2.05, 4.69) is 32.7 Å². The fraction of sp³-hybridized carbons (Fsp3) is 0.652. The first-order chi connectivity index (χ1) is 15.0. The fourth-order valence-electron chi connectivity index (χ4n) is 4.00. The molecule has 172 valence electrons. The van der Waals surface area contributed by atoms with Gasteiger partial charge in [0.2, 0.25) is 5.91 Å². The van der Waals surface area contributed by atoms with Crippen LogP contribution in [0.15, 0.2) is 29.3 Å². The minimum absolute atomic E-state index is 0.188. The van der Waals surface area contributed by atoms with Crippen LogP contribution in [0.4, 0.5) is 0 Å². The second kappa shape index (κ2) is 11.5. The van der Waals surface area contributed by atoms with E-state index in [4.69, 9.17) is 4.74 Å². The predicted molar refractivity (Wildman–Crippen MR) is 122 cm³/mol. The zero-order valence-corrected chi connectivity index (χ0v) is 18.9. The zero-order chi connectivity index (χ0) is 22.1. The van der Waals surface area contributed by atoms with Crippen LogP contribution in [0, 0.1) is 0 Å². The molecular formula is C23H37N5O3. The number of amides is 1. The molecule has 2 heterocycles. The molecule has 1 unspecified atom stereocenters. The number of hydrogen-bond donors (Lipinski definition) is 3. The van der Waals surface area contributed by atoms with Crippen LogP contribution >= 0.6 is 0 Å². The molecule has 0 saturated carbocycles. The van der Waals surface area contributed by atoms with E-state index in [1.54, 1.807) is 0 Å². The predicted octanol–water partition coefficient (Wildman–Crippen LogP) is 0.947. The maximum absolute atomic E-state index is 12.5. The molecule has 2 aliphatic rings. The van der Waals surface area contributed by atoms with Crippen molar-refractivity contribution in [2.24, 2.45) is 4.99 Å². The lowest BCUT2D eigenvalue weighted by Crippen LogP contribution is -2.48. The largest absolute Gasteiger partial charge is 0.387 e. The van der Waals surface area contributed by atoms with Crippen LogP contribution in [0.5, 0.6) is 0 Å². The minimum atomic E-state index is -0.902. The van der Waals surface area contributed by atoms with Gasteiger partial charge in [0.25, 0.3) is 0 Å². The van der Waals surface area contributed by atoms with Gasteiger partial charge in [-0.25, -0.2) is 0 Å². The summed E-state index contributed by atoms with van der Waals surface area (Å²) in [5, 5.41) is 17.2. The highest BCUT2D eigenvalue weighted by molar-refractivity contribution is 5.80. The van der Waals surface area contributed by atoms with Gasteiger partial charge in [0.15, 0.2) is 5.96 Å². The fourth-order valence-corrected chi connectivity index (χ4v) is 4.00. The number of aliphatic imine (C=N–C) groups is 1. The number of guanidine groups is 1. The molecule has 1 aromatic carbocycles. The van der Waals surface area contributed by atoms with Gasteiger partial charge in [0, 0.05) is 52.2 Å². The van der Waals surface area contributed by atoms with Crippen molar-refractivity contribution in [1.29, 1.82) is 0 Å². The number of carbonyl (C=O) groups excluding carboxylic acids is 1. The highest BCUT2D eigenvalue weighted by Crippen LogP contribution is 2.22. The van der Waals surface area contributed by atoms with Crippen molar-refractivity contribution < 1.29 is 14.6 Å². The SMILES string of the molecule is CCNC(=NCC(C)(O)CN1CCOCC1)NCCCC(=O)N1Cc2ccccc2C1. The number of rotatable bonds is 9. The van der Waals surface area contributed by atoms with E-state index < -0.39 is 5.60 Å². The Morgan fingerprint density at radius 1 is 1.19 bits per heavy atom. The molecule has 31 heavy (non-hydrogen) atoms. The first-order valence-corrected chi connectivity index (χ1v) is 11.4. The van der Waals surface area contributed by atoms with Crippen molar-refractivity contribution in [3.8, 4) is 0 Å². The zero-order valence-electron chi connectivity index (χ0n) is 18.9. The number of ether oxygens (including phenoxy) is 1. The molecule has 0 radical (unpaired) electrons. The van der Waals surface area contributed by atoms with E-state index >= 15 is 0 Å². The molecule has 2 aliphatic heterocycles. The first-order valence-electron chi connectivity index (χ1n) is 11.4. The van der Waals surface area contributed by atoms with Crippen molar-refractivity contribution >= 4 is 11.9 Å². The summed E-state index contributed by atoms with van der Waals surface area (Å²) in [6, 6.07) is 8.24. The monoisotopic (exact) mass is 431 g/mol. The number of β-amino-alcohol motifs (C(OH)–C–C–N with tert-alkyl or cyclic N) is 1. The molecule has 0 aliphatic carbocycles. The van der Waals surface area contributed by atoms with Crippen molar-refractivity contribution in [1.82, 2.24) is 20.4 Å². The van der Waals surface area contributed by atoms with Crippen molar-refractivity contribution in [2.75, 3.05) is 52.5 Å². The Morgan fingerprint density at radius 2 is 1.87 bits per heavy atom. The summed E-state index contributed by atoms with van der Waals surface area (Å²) in [4.78, 5) is 21.2. The molecule has 8 nitrogen and oxygen atoms in total. The molecule has 1 atom stereocenters. The summed E-state index contributed by atoms with van der Waals surface area (Å²) in [6.07, 6.45) is 1.25. The Hall–Kier alpha value is -2.16. The van der Waals surface area contributed by atoms with Gasteiger partial charge < -0.3 is 25.4 Å². The summed E-state index contributed by atoms with van der Waals surface area (Å²) in [5.74, 6) is 0.860. The third-order valence-electron chi connectivity index (χ3n) is 5.64. The van der Waals surface area contributed by atoms with Crippen LogP contribution in [0.1, 0.15) is 37.8 Å². The minimum Gasteiger partial charge on any atom is -0.387 e. The second-order valence-corrected chi connectivity index (χ2v) is 8.63. The van der Waals surface area contributed by atoms with Crippen LogP contribution in [-0.2, 0) is 22.6 Å². The quantitative estimate of drug-likeness (QED) is 0.306. The van der Waals surface area contributed by atoms with Gasteiger partial charge in [0.1, 0.15) is 0 Å². The maximum Gasteiger partial charge on any atom is 0.223 e. The van der Waals surface area contributed by atoms with E-state index in [-0.39, 0.29) is 5.91 Å². The third kappa shape index (κ3) is 7.48. The van der Waals surface area contributed by atoms with E-state index in [1.807, 2.05) is 30.9 Å². The second-order valence-electron chi connectivity index (χ2n) is 8.63. The molecule has 1 saturated heterocycles. The Bertz CT molecular complexity index is 721. The van der Waals surface area contributed by atoms with Crippen LogP contribution in [0.25, 0.3) is 0 Å². The summed E-state index contributed by atoms with van der Waals surface area (Å²) in [6.45, 7) is 10.7. The molecule has 0 bridgehead atoms. The average molecular weight is 432 g/mol. The molecule has 1 fully saturated rings. The molecular weight excluding hydrogens is 394 g/mol. The molecule has 1 amide bonds. The average Bonchev–Trinajstić information content (AvgIpc) is 3.20. The standard InChI is InChI=1S/C23H37N5O3/c1-3-24-22(26-17-23(2,30)18-27-11-13-31-14-12-27)25-10-6-9-21(29)28-15-19-7-4-5-8-20(19)16-28/h4-5,7-8,30H,3,6,9-18H2,1-2H3,(H2,24,25,26). The van der Waals surface area contributed by atoms with Crippen molar-refractivity contribution in [3.63, 3.8) is 0 Å². The number of morpholine rings is 1. The lowest BCUT2D eigenvalue weighted by molar-refractivity contribution is -0.131. The number of aliphatic hydroxyl groups is 1. The van der Waals surface area contributed by atoms with Crippen LogP contribution in [0.2, 0.25) is 0 Å². The highest BCUT2D eigenvalue weighted by Gasteiger charge is 2.25. The van der Waals surface area contributed by atoms with E-state index in [1.165, 1.54) is 11.1 Å². The number of benzene rings is 1. The van der Waals surface area contributed by atoms with Gasteiger partial charge in [-0.15, -0.1) is 0 Å². The highest BCUT2D eigenvalue weighted by atomic mass is 16.5. The number of hydrogen-bond acceptors (Lipinski definition) is 5. The smallest absolute Gasteiger partial charge is 0.223 e. The number of fused-ring (bicyclic) bond motifs is 1. The lowest BCUT2D eigenvalue weighted by Gasteiger charge is -2.33. The van der Waals surface area contributed by atoms with Gasteiger partial charge >= 0.3 is 0 Å². The van der Waals surface area contributed by atoms with E-state index in [9.17, 15) is 9.90 Å². The van der Waals surface area contributed by atoms with Gasteiger partial charge in [-0.2, -0.15) is 0 Å². The van der Waals surface area contributed by atoms with Crippen LogP contribution in [0.3, 0.4) is 0 Å². The molecule has 0 spiro atoms. The van der Waals surface area contributed by atoms with Crippen LogP contribution < -0.4 is 10.6 Å². The van der Waals surface area contributed by atoms with Gasteiger partial charge in [0.05, 0.1) is 25.4 Å². The van der Waals surface area contributed by atoms with Gasteiger partial charge in [-0.1, -0.05) is 24.3 Å². The van der Waals surface area contributed by atoms with Crippen molar-refractivity contribution in [2.45, 2.75) is 45.4 Å². The van der Waals surface area contributed by atoms with Gasteiger partial charge in [-0.05, 0) is 31.4 Å². The summed E-state index contributed by atoms with van der Waals surface area (Å²) in [7, 11) is 0. The Morgan fingerprint density at radius 3 is 2.52 bits per heavy atom. The molecule has 3 N–H and O–H groups in total. The molecule has 0 aromatic heterocycles. The first kappa shape index (κ1) is 23.5. The van der Waals surface area contributed by atoms with E-state index in [0.29, 0.717) is 58.3 Å². The molecule has 8 heteroatoms. The Kier molecular flexibility index (Phi) is 8.69. The number of nitrogens with one attached hydrogen (secondary N) is 2. The molecule has 3 rings (SSSR count). The Labute approximate surface area is 185 Å². The Balaban J connectivity index is 1.39. The third-order valence-corrected chi connectivity index (χ3v) is 5.64. The molecule has 1 aromatic rings. The lowest BCUT2D eigenvalue weighted by atomic mass is 10.1. The van der Waals surface area contributed by atoms with Crippen LogP contribution in [-0.4, -0.2) is 84.9 Å². The van der Waals surface area contributed by atoms with E-state index in [0.717, 1.165) is 26.1 Å².